The fraction of sp³-hybridized carbons (Fsp3) is 0.382. The standard InChI is InChI=1S/C34H40N2O5S/c1-4-41-34(27-15-12-25(13-16-27)22-33(37)40-3)36-24-28(23-29-9-8-19-35(29)2)31-21-26(14-17-32(31)36)18-20-42(38,39)30-10-6-5-7-11-30/h5-7,10-17,21,24,29,34H,4,8-9,18-20,22-23H2,1-3H3/t29-,34?/m1/s1. The van der Waals surface area contributed by atoms with Crippen LogP contribution in [0.5, 0.6) is 0 Å². The minimum atomic E-state index is -3.37. The average molecular weight is 589 g/mol. The predicted octanol–water partition coefficient (Wildman–Crippen LogP) is 5.59. The summed E-state index contributed by atoms with van der Waals surface area (Å²) >= 11 is 0. The van der Waals surface area contributed by atoms with Crippen LogP contribution in [0.3, 0.4) is 0 Å². The summed E-state index contributed by atoms with van der Waals surface area (Å²) in [6.45, 7) is 3.62. The van der Waals surface area contributed by atoms with Gasteiger partial charge in [-0.1, -0.05) is 48.5 Å². The Balaban J connectivity index is 1.49. The Morgan fingerprint density at radius 2 is 1.76 bits per heavy atom. The highest BCUT2D eigenvalue weighted by Crippen LogP contribution is 2.33. The van der Waals surface area contributed by atoms with Gasteiger partial charge in [-0.2, -0.15) is 0 Å². The summed E-state index contributed by atoms with van der Waals surface area (Å²) in [6, 6.07) is 23.3. The zero-order valence-corrected chi connectivity index (χ0v) is 25.5. The molecular weight excluding hydrogens is 548 g/mol. The number of hydrogen-bond acceptors (Lipinski definition) is 6. The van der Waals surface area contributed by atoms with E-state index in [1.54, 1.807) is 24.3 Å². The van der Waals surface area contributed by atoms with Gasteiger partial charge in [0.15, 0.2) is 16.1 Å². The molecule has 5 rings (SSSR count). The van der Waals surface area contributed by atoms with E-state index in [9.17, 15) is 13.2 Å². The lowest BCUT2D eigenvalue weighted by molar-refractivity contribution is -0.139. The number of aryl methyl sites for hydroxylation is 1. The molecule has 0 spiro atoms. The van der Waals surface area contributed by atoms with Crippen LogP contribution in [0.15, 0.2) is 83.9 Å². The van der Waals surface area contributed by atoms with E-state index in [1.165, 1.54) is 19.1 Å². The predicted molar refractivity (Wildman–Crippen MR) is 165 cm³/mol. The maximum Gasteiger partial charge on any atom is 0.309 e. The van der Waals surface area contributed by atoms with Crippen molar-refractivity contribution in [2.75, 3.05) is 33.1 Å². The summed E-state index contributed by atoms with van der Waals surface area (Å²) in [5, 5.41) is 1.14. The number of sulfone groups is 1. The number of rotatable bonds is 12. The van der Waals surface area contributed by atoms with Gasteiger partial charge in [0.25, 0.3) is 0 Å². The third-order valence-electron chi connectivity index (χ3n) is 8.29. The Bertz CT molecular complexity index is 1610. The molecule has 3 aromatic carbocycles. The van der Waals surface area contributed by atoms with Gasteiger partial charge in [-0.15, -0.1) is 0 Å². The second-order valence-electron chi connectivity index (χ2n) is 11.1. The summed E-state index contributed by atoms with van der Waals surface area (Å²) in [5.74, 6) is -0.210. The molecule has 0 saturated carbocycles. The van der Waals surface area contributed by atoms with Crippen molar-refractivity contribution < 1.29 is 22.7 Å². The molecule has 1 saturated heterocycles. The van der Waals surface area contributed by atoms with Crippen molar-refractivity contribution in [2.24, 2.45) is 0 Å². The lowest BCUT2D eigenvalue weighted by atomic mass is 10.0. The monoisotopic (exact) mass is 588 g/mol. The van der Waals surface area contributed by atoms with Crippen molar-refractivity contribution in [3.8, 4) is 0 Å². The number of carbonyl (C=O) groups is 1. The highest BCUT2D eigenvalue weighted by molar-refractivity contribution is 7.91. The second kappa shape index (κ2) is 13.2. The van der Waals surface area contributed by atoms with Crippen molar-refractivity contribution >= 4 is 26.7 Å². The Kier molecular flexibility index (Phi) is 9.46. The average Bonchev–Trinajstić information content (AvgIpc) is 3.58. The van der Waals surface area contributed by atoms with Gasteiger partial charge in [-0.25, -0.2) is 8.42 Å². The molecule has 0 aliphatic carbocycles. The zero-order chi connectivity index (χ0) is 29.7. The molecule has 8 heteroatoms. The number of likely N-dealkylation sites (tertiary alicyclic amines) is 1. The van der Waals surface area contributed by atoms with Crippen molar-refractivity contribution in [3.05, 3.63) is 101 Å². The van der Waals surface area contributed by atoms with Crippen LogP contribution in [-0.2, 0) is 43.4 Å². The molecule has 1 aliphatic heterocycles. The van der Waals surface area contributed by atoms with Gasteiger partial charge in [0.2, 0.25) is 0 Å². The third kappa shape index (κ3) is 6.77. The first-order valence-corrected chi connectivity index (χ1v) is 16.3. The normalized spacial score (nSPS) is 16.6. The molecule has 0 N–H and O–H groups in total. The SMILES string of the molecule is CCOC(c1ccc(CC(=O)OC)cc1)n1cc(C[C@H]2CCCN2C)c2cc(CCS(=O)(=O)c3ccccc3)ccc21. The van der Waals surface area contributed by atoms with Gasteiger partial charge >= 0.3 is 5.97 Å². The highest BCUT2D eigenvalue weighted by atomic mass is 32.2. The summed E-state index contributed by atoms with van der Waals surface area (Å²) in [7, 11) is 0.213. The lowest BCUT2D eigenvalue weighted by Gasteiger charge is -2.21. The van der Waals surface area contributed by atoms with Crippen LogP contribution in [0.1, 0.15) is 48.2 Å². The Morgan fingerprint density at radius 3 is 2.43 bits per heavy atom. The molecule has 1 aliphatic rings. The molecule has 1 fully saturated rings. The van der Waals surface area contributed by atoms with Gasteiger partial charge in [0, 0.05) is 29.8 Å². The molecule has 0 radical (unpaired) electrons. The summed E-state index contributed by atoms with van der Waals surface area (Å²) < 4.78 is 39.3. The van der Waals surface area contributed by atoms with Crippen molar-refractivity contribution in [2.45, 2.75) is 56.2 Å². The summed E-state index contributed by atoms with van der Waals surface area (Å²) in [6.07, 6.45) is 5.81. The van der Waals surface area contributed by atoms with Crippen LogP contribution in [0.2, 0.25) is 0 Å². The van der Waals surface area contributed by atoms with Gasteiger partial charge in [0.05, 0.1) is 29.7 Å². The van der Waals surface area contributed by atoms with Gasteiger partial charge in [0.1, 0.15) is 0 Å². The Morgan fingerprint density at radius 1 is 1.02 bits per heavy atom. The van der Waals surface area contributed by atoms with E-state index in [-0.39, 0.29) is 24.4 Å². The molecule has 7 nitrogen and oxygen atoms in total. The number of fused-ring (bicyclic) bond motifs is 1. The number of carbonyl (C=O) groups excluding carboxylic acids is 1. The number of nitrogens with zero attached hydrogens (tertiary/aromatic N) is 2. The van der Waals surface area contributed by atoms with Crippen molar-refractivity contribution in [3.63, 3.8) is 0 Å². The molecule has 0 amide bonds. The zero-order valence-electron chi connectivity index (χ0n) is 24.7. The molecule has 42 heavy (non-hydrogen) atoms. The quantitative estimate of drug-likeness (QED) is 0.201. The van der Waals surface area contributed by atoms with Crippen LogP contribution in [0.4, 0.5) is 0 Å². The number of hydrogen-bond donors (Lipinski definition) is 0. The summed E-state index contributed by atoms with van der Waals surface area (Å²) in [5.41, 5.74) is 5.17. The van der Waals surface area contributed by atoms with Gasteiger partial charge in [-0.3, -0.25) is 4.79 Å². The number of ether oxygens (including phenoxy) is 2. The molecule has 2 heterocycles. The molecule has 0 bridgehead atoms. The van der Waals surface area contributed by atoms with E-state index in [2.05, 4.69) is 34.8 Å². The lowest BCUT2D eigenvalue weighted by Crippen LogP contribution is -2.26. The fourth-order valence-electron chi connectivity index (χ4n) is 5.91. The van der Waals surface area contributed by atoms with Crippen LogP contribution in [0.25, 0.3) is 10.9 Å². The molecule has 4 aromatic rings. The van der Waals surface area contributed by atoms with E-state index in [4.69, 9.17) is 9.47 Å². The molecule has 1 unspecified atom stereocenters. The number of methoxy groups -OCH3 is 1. The molecular formula is C34H40N2O5S. The molecule has 2 atom stereocenters. The van der Waals surface area contributed by atoms with E-state index >= 15 is 0 Å². The topological polar surface area (TPSA) is 77.8 Å². The van der Waals surface area contributed by atoms with Gasteiger partial charge in [-0.05, 0) is 87.2 Å². The first-order valence-electron chi connectivity index (χ1n) is 14.7. The van der Waals surface area contributed by atoms with Crippen molar-refractivity contribution in [1.29, 1.82) is 0 Å². The summed E-state index contributed by atoms with van der Waals surface area (Å²) in [4.78, 5) is 14.5. The maximum atomic E-state index is 13.0. The number of benzene rings is 3. The molecule has 1 aromatic heterocycles. The largest absolute Gasteiger partial charge is 0.469 e. The van der Waals surface area contributed by atoms with Crippen LogP contribution in [0, 0.1) is 0 Å². The Hall–Kier alpha value is -3.46. The van der Waals surface area contributed by atoms with Crippen LogP contribution < -0.4 is 0 Å². The van der Waals surface area contributed by atoms with Crippen LogP contribution in [-0.4, -0.2) is 63.0 Å². The molecule has 222 valence electrons. The first kappa shape index (κ1) is 30.0. The number of aromatic nitrogens is 1. The van der Waals surface area contributed by atoms with Gasteiger partial charge < -0.3 is 18.9 Å². The van der Waals surface area contributed by atoms with Crippen molar-refractivity contribution in [1.82, 2.24) is 9.47 Å². The maximum absolute atomic E-state index is 13.0. The van der Waals surface area contributed by atoms with E-state index in [1.807, 2.05) is 43.3 Å². The fourth-order valence-corrected chi connectivity index (χ4v) is 7.22. The van der Waals surface area contributed by atoms with E-state index in [0.717, 1.165) is 47.0 Å². The minimum Gasteiger partial charge on any atom is -0.469 e. The highest BCUT2D eigenvalue weighted by Gasteiger charge is 2.25. The van der Waals surface area contributed by atoms with E-state index in [0.29, 0.717) is 24.0 Å². The van der Waals surface area contributed by atoms with Crippen LogP contribution >= 0.6 is 0 Å². The smallest absolute Gasteiger partial charge is 0.309 e. The Labute approximate surface area is 249 Å². The first-order chi connectivity index (χ1) is 20.3. The number of esters is 1. The number of likely N-dealkylation sites (N-methyl/N-ethyl adjacent to an activating group) is 1. The third-order valence-corrected chi connectivity index (χ3v) is 10.0. The minimum absolute atomic E-state index is 0.0589. The second-order valence-corrected chi connectivity index (χ2v) is 13.2. The van der Waals surface area contributed by atoms with E-state index < -0.39 is 9.84 Å².